The molecule has 1 saturated carbocycles. The zero-order valence-corrected chi connectivity index (χ0v) is 19.6. The normalized spacial score (nSPS) is 14.2. The molecule has 2 aromatic rings. The van der Waals surface area contributed by atoms with Crippen LogP contribution in [0.15, 0.2) is 42.5 Å². The Balaban J connectivity index is 2.07. The van der Waals surface area contributed by atoms with Gasteiger partial charge in [0.05, 0.1) is 16.9 Å². The van der Waals surface area contributed by atoms with Gasteiger partial charge in [0, 0.05) is 19.1 Å². The molecule has 3 rings (SSSR count). The highest BCUT2D eigenvalue weighted by atomic mass is 16.5. The summed E-state index contributed by atoms with van der Waals surface area (Å²) in [6, 6.07) is 13.7. The van der Waals surface area contributed by atoms with E-state index in [-0.39, 0.29) is 0 Å². The van der Waals surface area contributed by atoms with E-state index < -0.39 is 5.97 Å². The molecule has 0 unspecified atom stereocenters. The van der Waals surface area contributed by atoms with Crippen molar-refractivity contribution in [1.82, 2.24) is 0 Å². The Hall–Kier alpha value is -2.69. The van der Waals surface area contributed by atoms with E-state index in [4.69, 9.17) is 4.74 Å². The van der Waals surface area contributed by atoms with Crippen LogP contribution in [-0.2, 0) is 0 Å². The Morgan fingerprint density at radius 1 is 1.03 bits per heavy atom. The molecule has 1 aliphatic rings. The first kappa shape index (κ1) is 24.0. The van der Waals surface area contributed by atoms with Crippen molar-refractivity contribution in [3.63, 3.8) is 0 Å². The van der Waals surface area contributed by atoms with Crippen molar-refractivity contribution in [2.75, 3.05) is 23.3 Å². The quantitative estimate of drug-likeness (QED) is 0.363. The number of aromatic carboxylic acids is 1. The van der Waals surface area contributed by atoms with Gasteiger partial charge >= 0.3 is 5.97 Å². The number of carboxylic acid groups (broad SMARTS) is 1. The molecule has 0 amide bonds. The molecule has 0 spiro atoms. The second kappa shape index (κ2) is 12.4. The van der Waals surface area contributed by atoms with Crippen molar-refractivity contribution in [2.24, 2.45) is 0 Å². The van der Waals surface area contributed by atoms with Gasteiger partial charge in [-0.1, -0.05) is 64.2 Å². The Kier molecular flexibility index (Phi) is 9.27. The molecule has 1 aliphatic carbocycles. The monoisotopic (exact) mass is 438 g/mol. The zero-order chi connectivity index (χ0) is 22.8. The van der Waals surface area contributed by atoms with E-state index in [1.807, 2.05) is 30.3 Å². The fourth-order valence-electron chi connectivity index (χ4n) is 4.31. The van der Waals surface area contributed by atoms with Gasteiger partial charge in [-0.3, -0.25) is 0 Å². The van der Waals surface area contributed by atoms with Gasteiger partial charge in [-0.2, -0.15) is 0 Å². The first-order valence-electron chi connectivity index (χ1n) is 12.3. The van der Waals surface area contributed by atoms with Crippen LogP contribution < -0.4 is 15.0 Å². The van der Waals surface area contributed by atoms with Gasteiger partial charge < -0.3 is 20.1 Å². The maximum Gasteiger partial charge on any atom is 0.335 e. The smallest absolute Gasteiger partial charge is 0.335 e. The van der Waals surface area contributed by atoms with E-state index in [1.54, 1.807) is 12.1 Å². The van der Waals surface area contributed by atoms with Gasteiger partial charge in [0.1, 0.15) is 5.75 Å². The number of rotatable bonds is 12. The lowest BCUT2D eigenvalue weighted by Crippen LogP contribution is -2.27. The van der Waals surface area contributed by atoms with Gasteiger partial charge in [0.2, 0.25) is 0 Å². The summed E-state index contributed by atoms with van der Waals surface area (Å²) < 4.78 is 6.46. The summed E-state index contributed by atoms with van der Waals surface area (Å²) in [5, 5.41) is 13.5. The van der Waals surface area contributed by atoms with Crippen LogP contribution >= 0.6 is 0 Å². The number of para-hydroxylation sites is 1. The topological polar surface area (TPSA) is 61.8 Å². The van der Waals surface area contributed by atoms with Crippen LogP contribution in [0.4, 0.5) is 11.4 Å². The summed E-state index contributed by atoms with van der Waals surface area (Å²) in [7, 11) is 0. The van der Waals surface area contributed by atoms with Gasteiger partial charge in [-0.15, -0.1) is 0 Å². The minimum Gasteiger partial charge on any atom is -0.478 e. The summed E-state index contributed by atoms with van der Waals surface area (Å²) in [4.78, 5) is 14.3. The van der Waals surface area contributed by atoms with Crippen molar-refractivity contribution in [3.8, 4) is 11.5 Å². The highest BCUT2D eigenvalue weighted by Crippen LogP contribution is 2.42. The number of hydrogen-bond donors (Lipinski definition) is 2. The molecule has 1 fully saturated rings. The predicted molar refractivity (Wildman–Crippen MR) is 132 cm³/mol. The van der Waals surface area contributed by atoms with Crippen molar-refractivity contribution >= 4 is 17.3 Å². The summed E-state index contributed by atoms with van der Waals surface area (Å²) in [5.74, 6) is 0.587. The third kappa shape index (κ3) is 6.65. The number of carboxylic acids is 1. The van der Waals surface area contributed by atoms with Crippen LogP contribution in [-0.4, -0.2) is 30.2 Å². The van der Waals surface area contributed by atoms with Crippen LogP contribution in [0, 0.1) is 0 Å². The molecule has 5 heteroatoms. The second-order valence-electron chi connectivity index (χ2n) is 8.77. The number of nitrogens with one attached hydrogen (secondary N) is 1. The van der Waals surface area contributed by atoms with Crippen molar-refractivity contribution in [2.45, 2.75) is 77.7 Å². The molecule has 174 valence electrons. The molecule has 0 atom stereocenters. The van der Waals surface area contributed by atoms with Crippen LogP contribution in [0.3, 0.4) is 0 Å². The standard InChI is InChI=1S/C27H38N2O3/c1-3-5-17-29(18-6-4-2)25-20-21(27(30)31)19-24(28-22-13-9-7-10-14-22)26(25)32-23-15-11-8-12-16-23/h8,11-12,15-16,19-20,22,28H,3-7,9-10,13-14,17-18H2,1-2H3,(H,30,31). The van der Waals surface area contributed by atoms with E-state index in [1.165, 1.54) is 19.3 Å². The molecular formula is C27H38N2O3. The third-order valence-electron chi connectivity index (χ3n) is 6.15. The molecule has 0 radical (unpaired) electrons. The first-order valence-corrected chi connectivity index (χ1v) is 12.3. The lowest BCUT2D eigenvalue weighted by atomic mass is 9.95. The molecule has 0 aliphatic heterocycles. The van der Waals surface area contributed by atoms with Gasteiger partial charge in [-0.05, 0) is 49.9 Å². The Labute approximate surface area is 192 Å². The number of anilines is 2. The molecule has 5 nitrogen and oxygen atoms in total. The Bertz CT molecular complexity index is 839. The van der Waals surface area contributed by atoms with Crippen LogP contribution in [0.5, 0.6) is 11.5 Å². The maximum absolute atomic E-state index is 12.0. The Morgan fingerprint density at radius 2 is 1.69 bits per heavy atom. The van der Waals surface area contributed by atoms with Gasteiger partial charge in [-0.25, -0.2) is 4.79 Å². The molecular weight excluding hydrogens is 400 g/mol. The molecule has 0 bridgehead atoms. The summed E-state index contributed by atoms with van der Waals surface area (Å²) >= 11 is 0. The minimum absolute atomic E-state index is 0.303. The lowest BCUT2D eigenvalue weighted by Gasteiger charge is -2.30. The molecule has 0 aromatic heterocycles. The first-order chi connectivity index (χ1) is 15.6. The van der Waals surface area contributed by atoms with E-state index in [9.17, 15) is 9.90 Å². The number of unbranched alkanes of at least 4 members (excludes halogenated alkanes) is 2. The average molecular weight is 439 g/mol. The van der Waals surface area contributed by atoms with E-state index >= 15 is 0 Å². The number of ether oxygens (including phenoxy) is 1. The number of carbonyl (C=O) groups is 1. The highest BCUT2D eigenvalue weighted by molar-refractivity contribution is 5.93. The highest BCUT2D eigenvalue weighted by Gasteiger charge is 2.23. The molecule has 2 aromatic carbocycles. The van der Waals surface area contributed by atoms with Crippen molar-refractivity contribution < 1.29 is 14.6 Å². The zero-order valence-electron chi connectivity index (χ0n) is 19.6. The third-order valence-corrected chi connectivity index (χ3v) is 6.15. The van der Waals surface area contributed by atoms with Crippen LogP contribution in [0.2, 0.25) is 0 Å². The van der Waals surface area contributed by atoms with E-state index in [0.29, 0.717) is 11.6 Å². The van der Waals surface area contributed by atoms with E-state index in [2.05, 4.69) is 24.1 Å². The van der Waals surface area contributed by atoms with E-state index in [0.717, 1.165) is 74.5 Å². The SMILES string of the molecule is CCCCN(CCCC)c1cc(C(=O)O)cc(NC2CCCCC2)c1Oc1ccccc1. The molecule has 2 N–H and O–H groups in total. The summed E-state index contributed by atoms with van der Waals surface area (Å²) in [5.41, 5.74) is 1.96. The Morgan fingerprint density at radius 3 is 2.28 bits per heavy atom. The number of benzene rings is 2. The number of nitrogens with zero attached hydrogens (tertiary/aromatic N) is 1. The fraction of sp³-hybridized carbons (Fsp3) is 0.519. The van der Waals surface area contributed by atoms with Gasteiger partial charge in [0.25, 0.3) is 0 Å². The van der Waals surface area contributed by atoms with Crippen LogP contribution in [0.1, 0.15) is 82.0 Å². The van der Waals surface area contributed by atoms with Crippen LogP contribution in [0.25, 0.3) is 0 Å². The maximum atomic E-state index is 12.0. The largest absolute Gasteiger partial charge is 0.478 e. The summed E-state index contributed by atoms with van der Waals surface area (Å²) in [6.45, 7) is 6.13. The predicted octanol–water partition coefficient (Wildman–Crippen LogP) is 7.33. The lowest BCUT2D eigenvalue weighted by molar-refractivity contribution is 0.0697. The average Bonchev–Trinajstić information content (AvgIpc) is 2.81. The number of hydrogen-bond acceptors (Lipinski definition) is 4. The van der Waals surface area contributed by atoms with Crippen molar-refractivity contribution in [1.29, 1.82) is 0 Å². The molecule has 0 heterocycles. The molecule has 32 heavy (non-hydrogen) atoms. The molecule has 0 saturated heterocycles. The second-order valence-corrected chi connectivity index (χ2v) is 8.77. The summed E-state index contributed by atoms with van der Waals surface area (Å²) in [6.07, 6.45) is 10.2. The fourth-order valence-corrected chi connectivity index (χ4v) is 4.31. The minimum atomic E-state index is -0.907. The van der Waals surface area contributed by atoms with Crippen molar-refractivity contribution in [3.05, 3.63) is 48.0 Å². The van der Waals surface area contributed by atoms with Gasteiger partial charge in [0.15, 0.2) is 5.75 Å².